The lowest BCUT2D eigenvalue weighted by atomic mass is 10.1. The van der Waals surface area contributed by atoms with Crippen LogP contribution in [0.15, 0.2) is 18.2 Å². The Morgan fingerprint density at radius 3 is 2.65 bits per heavy atom. The smallest absolute Gasteiger partial charge is 0.246 e. The number of carbonyl (C=O) groups is 1. The van der Waals surface area contributed by atoms with Crippen molar-refractivity contribution in [1.82, 2.24) is 0 Å². The van der Waals surface area contributed by atoms with Gasteiger partial charge in [0.25, 0.3) is 0 Å². The molecule has 0 bridgehead atoms. The summed E-state index contributed by atoms with van der Waals surface area (Å²) in [6, 6.07) is 7.83. The zero-order valence-electron chi connectivity index (χ0n) is 10.3. The highest BCUT2D eigenvalue weighted by atomic mass is 16.2. The van der Waals surface area contributed by atoms with Crippen LogP contribution in [0.5, 0.6) is 0 Å². The van der Waals surface area contributed by atoms with E-state index < -0.39 is 0 Å². The van der Waals surface area contributed by atoms with Crippen LogP contribution in [0.25, 0.3) is 0 Å². The molecule has 0 radical (unpaired) electrons. The number of amides is 1. The largest absolute Gasteiger partial charge is 0.358 e. The molecule has 0 aliphatic carbocycles. The maximum Gasteiger partial charge on any atom is 0.246 e. The van der Waals surface area contributed by atoms with Crippen molar-refractivity contribution < 1.29 is 4.79 Å². The molecular weight excluding hydrogens is 214 g/mol. The summed E-state index contributed by atoms with van der Waals surface area (Å²) in [4.78, 5) is 15.5. The van der Waals surface area contributed by atoms with Gasteiger partial charge >= 0.3 is 0 Å². The third-order valence-corrected chi connectivity index (χ3v) is 3.08. The van der Waals surface area contributed by atoms with Crippen molar-refractivity contribution in [3.05, 3.63) is 23.8 Å². The number of hydrogen-bond acceptors (Lipinski definition) is 3. The molecule has 1 aromatic rings. The maximum absolute atomic E-state index is 11.9. The monoisotopic (exact) mass is 229 g/mol. The van der Waals surface area contributed by atoms with E-state index in [0.29, 0.717) is 12.1 Å². The van der Waals surface area contributed by atoms with E-state index in [1.807, 2.05) is 6.07 Å². The highest BCUT2D eigenvalue weighted by Gasteiger charge is 2.28. The molecule has 1 heterocycles. The van der Waals surface area contributed by atoms with Gasteiger partial charge in [-0.3, -0.25) is 4.79 Å². The van der Waals surface area contributed by atoms with Crippen molar-refractivity contribution >= 4 is 17.3 Å². The number of anilines is 2. The van der Waals surface area contributed by atoms with E-state index in [4.69, 9.17) is 5.26 Å². The second-order valence-corrected chi connectivity index (χ2v) is 4.49. The molecule has 1 aliphatic rings. The summed E-state index contributed by atoms with van der Waals surface area (Å²) in [5.41, 5.74) is 2.41. The highest BCUT2D eigenvalue weighted by Crippen LogP contribution is 2.34. The molecule has 0 unspecified atom stereocenters. The highest BCUT2D eigenvalue weighted by molar-refractivity contribution is 6.03. The lowest BCUT2D eigenvalue weighted by Crippen LogP contribution is -2.46. The molecule has 1 aromatic carbocycles. The lowest BCUT2D eigenvalue weighted by Gasteiger charge is -2.38. The molecule has 0 spiro atoms. The minimum Gasteiger partial charge on any atom is -0.358 e. The van der Waals surface area contributed by atoms with Crippen molar-refractivity contribution in [2.45, 2.75) is 19.9 Å². The molecule has 1 aliphatic heterocycles. The molecule has 2 rings (SSSR count). The topological polar surface area (TPSA) is 47.3 Å². The van der Waals surface area contributed by atoms with Crippen LogP contribution in [-0.2, 0) is 4.79 Å². The Labute approximate surface area is 101 Å². The zero-order chi connectivity index (χ0) is 12.6. The van der Waals surface area contributed by atoms with Gasteiger partial charge in [0, 0.05) is 13.1 Å². The van der Waals surface area contributed by atoms with E-state index in [2.05, 4.69) is 24.8 Å². The minimum atomic E-state index is 0.0567. The van der Waals surface area contributed by atoms with Gasteiger partial charge in [0.05, 0.1) is 29.6 Å². The Morgan fingerprint density at radius 2 is 2.06 bits per heavy atom. The van der Waals surface area contributed by atoms with Crippen molar-refractivity contribution in [3.63, 3.8) is 0 Å². The van der Waals surface area contributed by atoms with Crippen molar-refractivity contribution in [2.24, 2.45) is 0 Å². The fourth-order valence-electron chi connectivity index (χ4n) is 2.04. The van der Waals surface area contributed by atoms with Gasteiger partial charge in [-0.15, -0.1) is 0 Å². The first-order chi connectivity index (χ1) is 8.04. The number of benzene rings is 1. The Morgan fingerprint density at radius 1 is 1.35 bits per heavy atom. The summed E-state index contributed by atoms with van der Waals surface area (Å²) in [5.74, 6) is 0.0567. The van der Waals surface area contributed by atoms with E-state index >= 15 is 0 Å². The molecule has 4 heteroatoms. The molecule has 1 amide bonds. The molecular formula is C13H15N3O. The molecule has 4 nitrogen and oxygen atoms in total. The first kappa shape index (κ1) is 11.5. The van der Waals surface area contributed by atoms with Gasteiger partial charge in [-0.25, -0.2) is 0 Å². The van der Waals surface area contributed by atoms with E-state index in [-0.39, 0.29) is 11.9 Å². The predicted molar refractivity (Wildman–Crippen MR) is 67.0 cm³/mol. The number of nitrogens with zero attached hydrogens (tertiary/aromatic N) is 3. The number of carbonyl (C=O) groups excluding carboxylic acids is 1. The first-order valence-electron chi connectivity index (χ1n) is 5.62. The number of hydrogen-bond donors (Lipinski definition) is 0. The van der Waals surface area contributed by atoms with Crippen molar-refractivity contribution in [1.29, 1.82) is 5.26 Å². The number of fused-ring (bicyclic) bond motifs is 1. The quantitative estimate of drug-likeness (QED) is 0.737. The zero-order valence-corrected chi connectivity index (χ0v) is 10.3. The standard InChI is InChI=1S/C13H15N3O/c1-9(2)16-8-13(17)15(3)12-6-10(7-14)4-5-11(12)16/h4-6,9H,8H2,1-3H3. The fourth-order valence-corrected chi connectivity index (χ4v) is 2.04. The van der Waals surface area contributed by atoms with Gasteiger partial charge in [0.15, 0.2) is 0 Å². The fraction of sp³-hybridized carbons (Fsp3) is 0.385. The second-order valence-electron chi connectivity index (χ2n) is 4.49. The molecule has 0 saturated carbocycles. The van der Waals surface area contributed by atoms with Crippen LogP contribution in [0.3, 0.4) is 0 Å². The number of likely N-dealkylation sites (N-methyl/N-ethyl adjacent to an activating group) is 1. The number of nitriles is 1. The van der Waals surface area contributed by atoms with Gasteiger partial charge in [-0.2, -0.15) is 5.26 Å². The van der Waals surface area contributed by atoms with Gasteiger partial charge in [0.2, 0.25) is 5.91 Å². The van der Waals surface area contributed by atoms with Crippen LogP contribution in [0, 0.1) is 11.3 Å². The molecule has 0 atom stereocenters. The predicted octanol–water partition coefficient (Wildman–Crippen LogP) is 1.75. The Bertz CT molecular complexity index is 502. The Balaban J connectivity index is 2.56. The molecule has 0 N–H and O–H groups in total. The van der Waals surface area contributed by atoms with E-state index in [1.165, 1.54) is 0 Å². The van der Waals surface area contributed by atoms with E-state index in [9.17, 15) is 4.79 Å². The lowest BCUT2D eigenvalue weighted by molar-refractivity contribution is -0.117. The SMILES string of the molecule is CC(C)N1CC(=O)N(C)c2cc(C#N)ccc21. The van der Waals surface area contributed by atoms with Gasteiger partial charge in [-0.1, -0.05) is 0 Å². The third kappa shape index (κ3) is 1.84. The minimum absolute atomic E-state index is 0.0567. The van der Waals surface area contributed by atoms with Crippen LogP contribution >= 0.6 is 0 Å². The maximum atomic E-state index is 11.9. The third-order valence-electron chi connectivity index (χ3n) is 3.08. The molecule has 88 valence electrons. The first-order valence-corrected chi connectivity index (χ1v) is 5.62. The van der Waals surface area contributed by atoms with Crippen molar-refractivity contribution in [3.8, 4) is 6.07 Å². The molecule has 0 saturated heterocycles. The van der Waals surface area contributed by atoms with Crippen LogP contribution in [-0.4, -0.2) is 25.5 Å². The summed E-state index contributed by atoms with van der Waals surface area (Å²) >= 11 is 0. The molecule has 17 heavy (non-hydrogen) atoms. The molecule has 0 aromatic heterocycles. The average molecular weight is 229 g/mol. The van der Waals surface area contributed by atoms with Crippen LogP contribution in [0.4, 0.5) is 11.4 Å². The van der Waals surface area contributed by atoms with Crippen LogP contribution < -0.4 is 9.80 Å². The summed E-state index contributed by atoms with van der Waals surface area (Å²) in [6.45, 7) is 4.51. The van der Waals surface area contributed by atoms with E-state index in [0.717, 1.165) is 11.4 Å². The van der Waals surface area contributed by atoms with Crippen LogP contribution in [0.2, 0.25) is 0 Å². The Hall–Kier alpha value is -2.02. The second kappa shape index (κ2) is 4.10. The van der Waals surface area contributed by atoms with Gasteiger partial charge in [0.1, 0.15) is 0 Å². The van der Waals surface area contributed by atoms with Gasteiger partial charge < -0.3 is 9.80 Å². The van der Waals surface area contributed by atoms with Crippen molar-refractivity contribution in [2.75, 3.05) is 23.4 Å². The van der Waals surface area contributed by atoms with Crippen LogP contribution in [0.1, 0.15) is 19.4 Å². The summed E-state index contributed by atoms with van der Waals surface area (Å²) in [7, 11) is 1.75. The van der Waals surface area contributed by atoms with Gasteiger partial charge in [-0.05, 0) is 32.0 Å². The molecule has 0 fully saturated rings. The normalized spacial score (nSPS) is 14.9. The number of rotatable bonds is 1. The average Bonchev–Trinajstić information content (AvgIpc) is 2.32. The summed E-state index contributed by atoms with van der Waals surface area (Å²) in [5, 5.41) is 8.90. The Kier molecular flexibility index (Phi) is 2.76. The summed E-state index contributed by atoms with van der Waals surface area (Å²) in [6.07, 6.45) is 0. The summed E-state index contributed by atoms with van der Waals surface area (Å²) < 4.78 is 0. The van der Waals surface area contributed by atoms with E-state index in [1.54, 1.807) is 24.1 Å².